The molecule has 3 fully saturated rings. The number of amides is 4. The highest BCUT2D eigenvalue weighted by atomic mass is 32.2. The number of methoxy groups -OCH3 is 1. The Bertz CT molecular complexity index is 2110. The van der Waals surface area contributed by atoms with Gasteiger partial charge in [0.1, 0.15) is 29.5 Å². The van der Waals surface area contributed by atoms with Gasteiger partial charge in [-0.05, 0) is 67.0 Å². The minimum Gasteiger partial charge on any atom is -0.497 e. The van der Waals surface area contributed by atoms with E-state index in [-0.39, 0.29) is 43.9 Å². The van der Waals surface area contributed by atoms with Crippen molar-refractivity contribution in [1.29, 1.82) is 0 Å². The summed E-state index contributed by atoms with van der Waals surface area (Å²) in [5.74, 6) is -2.56. The fourth-order valence-corrected chi connectivity index (χ4v) is 7.99. The quantitative estimate of drug-likeness (QED) is 0.123. The van der Waals surface area contributed by atoms with Crippen LogP contribution in [-0.4, -0.2) is 95.6 Å². The van der Waals surface area contributed by atoms with Crippen molar-refractivity contribution >= 4 is 56.5 Å². The molecule has 2 aliphatic carbocycles. The van der Waals surface area contributed by atoms with E-state index in [2.05, 4.69) is 26.9 Å². The van der Waals surface area contributed by atoms with E-state index >= 15 is 0 Å². The number of fused-ring (bicyclic) bond motifs is 1. The molecule has 6 rings (SSSR count). The third-order valence-electron chi connectivity index (χ3n) is 9.85. The number of hydrogen-bond donors (Lipinski definition) is 4. The first-order chi connectivity index (χ1) is 25.8. The first-order valence-corrected chi connectivity index (χ1v) is 19.0. The summed E-state index contributed by atoms with van der Waals surface area (Å²) in [4.78, 5) is 72.0. The summed E-state index contributed by atoms with van der Waals surface area (Å²) >= 11 is 0. The summed E-state index contributed by atoms with van der Waals surface area (Å²) in [5, 5.41) is 15.3. The van der Waals surface area contributed by atoms with E-state index < -0.39 is 68.7 Å². The van der Waals surface area contributed by atoms with Crippen molar-refractivity contribution in [3.8, 4) is 11.6 Å². The van der Waals surface area contributed by atoms with Gasteiger partial charge in [-0.25, -0.2) is 18.2 Å². The highest BCUT2D eigenvalue weighted by molar-refractivity contribution is 7.91. The van der Waals surface area contributed by atoms with Crippen molar-refractivity contribution in [2.24, 2.45) is 5.92 Å². The molecule has 15 nitrogen and oxygen atoms in total. The third kappa shape index (κ3) is 8.54. The van der Waals surface area contributed by atoms with Crippen LogP contribution in [-0.2, 0) is 29.2 Å². The minimum atomic E-state index is -3.94. The summed E-state index contributed by atoms with van der Waals surface area (Å²) in [5.41, 5.74) is -0.842. The molecule has 4 N–H and O–H groups in total. The number of sulfonamides is 1. The van der Waals surface area contributed by atoms with Crippen LogP contribution in [0.25, 0.3) is 16.8 Å². The maximum atomic E-state index is 14.2. The summed E-state index contributed by atoms with van der Waals surface area (Å²) in [6, 6.07) is 13.4. The Morgan fingerprint density at radius 1 is 1.11 bits per heavy atom. The number of nitrogens with zero attached hydrogens (tertiary/aromatic N) is 2. The first-order valence-electron chi connectivity index (χ1n) is 17.5. The topological polar surface area (TPSA) is 210 Å². The molecule has 1 saturated heterocycles. The van der Waals surface area contributed by atoms with Gasteiger partial charge in [-0.2, -0.15) is 0 Å². The molecule has 16 heteroatoms. The van der Waals surface area contributed by atoms with Gasteiger partial charge in [0.2, 0.25) is 27.7 Å². The zero-order valence-electron chi connectivity index (χ0n) is 29.5. The smallest absolute Gasteiger partial charge is 0.405 e. The van der Waals surface area contributed by atoms with Gasteiger partial charge in [0.25, 0.3) is 5.91 Å². The number of nitrogens with one attached hydrogen (secondary N) is 3. The van der Waals surface area contributed by atoms with Crippen LogP contribution in [0.2, 0.25) is 0 Å². The van der Waals surface area contributed by atoms with Crippen molar-refractivity contribution < 1.29 is 47.0 Å². The molecule has 0 radical (unpaired) electrons. The molecule has 284 valence electrons. The Kier molecular flexibility index (Phi) is 11.0. The van der Waals surface area contributed by atoms with E-state index in [9.17, 15) is 37.5 Å². The molecule has 4 amide bonds. The number of ketones is 1. The Hall–Kier alpha value is -5.77. The molecule has 3 aliphatic rings. The van der Waals surface area contributed by atoms with Crippen LogP contribution in [0, 0.1) is 5.92 Å². The molecule has 54 heavy (non-hydrogen) atoms. The average Bonchev–Trinajstić information content (AvgIpc) is 4.09. The van der Waals surface area contributed by atoms with Crippen LogP contribution in [0.3, 0.4) is 0 Å². The van der Waals surface area contributed by atoms with E-state index in [0.717, 1.165) is 15.8 Å². The van der Waals surface area contributed by atoms with Crippen molar-refractivity contribution in [3.05, 3.63) is 85.1 Å². The van der Waals surface area contributed by atoms with Crippen LogP contribution in [0.4, 0.5) is 4.79 Å². The van der Waals surface area contributed by atoms with Crippen molar-refractivity contribution in [2.45, 2.75) is 67.5 Å². The van der Waals surface area contributed by atoms with Gasteiger partial charge in [0.15, 0.2) is 5.78 Å². The van der Waals surface area contributed by atoms with Crippen molar-refractivity contribution in [2.75, 3.05) is 13.7 Å². The van der Waals surface area contributed by atoms with E-state index in [1.165, 1.54) is 25.5 Å². The van der Waals surface area contributed by atoms with Crippen LogP contribution in [0.1, 0.15) is 44.1 Å². The van der Waals surface area contributed by atoms with E-state index in [0.29, 0.717) is 24.0 Å². The summed E-state index contributed by atoms with van der Waals surface area (Å²) in [6.45, 7) is 3.55. The number of allylic oxidation sites excluding steroid dienone is 1. The van der Waals surface area contributed by atoms with Crippen LogP contribution in [0.5, 0.6) is 11.6 Å². The zero-order chi connectivity index (χ0) is 38.6. The molecular formula is C38H41N5O10S. The Morgan fingerprint density at radius 3 is 2.54 bits per heavy atom. The van der Waals surface area contributed by atoms with Crippen molar-refractivity contribution in [1.82, 2.24) is 25.2 Å². The molecule has 0 spiro atoms. The number of likely N-dealkylation sites (tertiary alicyclic amines) is 1. The van der Waals surface area contributed by atoms with E-state index in [4.69, 9.17) is 9.47 Å². The largest absolute Gasteiger partial charge is 0.497 e. The predicted octanol–water partition coefficient (Wildman–Crippen LogP) is 2.96. The van der Waals surface area contributed by atoms with Crippen molar-refractivity contribution in [3.63, 3.8) is 0 Å². The number of rotatable bonds is 16. The van der Waals surface area contributed by atoms with Gasteiger partial charge < -0.3 is 30.1 Å². The zero-order valence-corrected chi connectivity index (χ0v) is 30.3. The number of carbonyl (C=O) groups excluding carboxylic acids is 4. The van der Waals surface area contributed by atoms with Gasteiger partial charge in [-0.3, -0.25) is 23.9 Å². The van der Waals surface area contributed by atoms with Crippen LogP contribution in [0.15, 0.2) is 79.5 Å². The number of carboxylic acid groups (broad SMARTS) is 1. The Labute approximate surface area is 311 Å². The Balaban J connectivity index is 1.24. The maximum Gasteiger partial charge on any atom is 0.405 e. The normalized spacial score (nSPS) is 22.6. The highest BCUT2D eigenvalue weighted by Crippen LogP contribution is 2.45. The molecule has 5 atom stereocenters. The second-order valence-electron chi connectivity index (χ2n) is 13.6. The number of ether oxygens (including phenoxy) is 2. The molecule has 3 aromatic rings. The molecule has 2 saturated carbocycles. The highest BCUT2D eigenvalue weighted by Gasteiger charge is 2.62. The monoisotopic (exact) mass is 759 g/mol. The minimum absolute atomic E-state index is 0.0822. The summed E-state index contributed by atoms with van der Waals surface area (Å²) in [6.07, 6.45) is 4.06. The fourth-order valence-electron chi connectivity index (χ4n) is 6.63. The SMILES string of the molecule is C=CC1CC1(NC(=O)[C@@H]1C[C@@H](Oc2nccc3cc(OC)ccc23)CN1C(=O)[C@H](CCC(=O)/C=C/c1ccccc1)NC(=O)O)C(=O)NS(=O)(=O)C1CC1. The first kappa shape index (κ1) is 38.0. The van der Waals surface area contributed by atoms with Gasteiger partial charge in [-0.1, -0.05) is 42.5 Å². The standard InChI is InChI=1S/C38H41N5O10S/c1-3-25-21-38(25,36(47)42-54(50,51)29-13-14-29)41-33(45)32-20-28(53-34-30-15-12-27(52-2)19-24(30)17-18-39-34)22-43(32)35(46)31(40-37(48)49)16-11-26(44)10-9-23-7-5-4-6-8-23/h3-10,12,15,17-19,25,28-29,31-32,40H,1,11,13-14,16,20-22H2,2H3,(H,41,45)(H,42,47)(H,48,49)/b10-9+/t25?,28-,31+,32+,38?/m1/s1. The van der Waals surface area contributed by atoms with Gasteiger partial charge >= 0.3 is 6.09 Å². The molecule has 1 aromatic heterocycles. The summed E-state index contributed by atoms with van der Waals surface area (Å²) < 4.78 is 39.0. The average molecular weight is 760 g/mol. The summed E-state index contributed by atoms with van der Waals surface area (Å²) in [7, 11) is -2.40. The predicted molar refractivity (Wildman–Crippen MR) is 197 cm³/mol. The number of aromatic nitrogens is 1. The molecule has 2 heterocycles. The van der Waals surface area contributed by atoms with Gasteiger partial charge in [0.05, 0.1) is 18.9 Å². The second kappa shape index (κ2) is 15.7. The molecule has 0 bridgehead atoms. The number of pyridine rings is 1. The maximum absolute atomic E-state index is 14.2. The number of hydrogen-bond acceptors (Lipinski definition) is 10. The third-order valence-corrected chi connectivity index (χ3v) is 11.7. The molecule has 2 aromatic carbocycles. The lowest BCUT2D eigenvalue weighted by molar-refractivity contribution is -0.141. The second-order valence-corrected chi connectivity index (χ2v) is 15.6. The van der Waals surface area contributed by atoms with E-state index in [1.54, 1.807) is 30.3 Å². The molecule has 1 aliphatic heterocycles. The fraction of sp³-hybridized carbons (Fsp3) is 0.368. The molecule has 2 unspecified atom stereocenters. The van der Waals surface area contributed by atoms with Gasteiger partial charge in [0, 0.05) is 30.3 Å². The number of carbonyl (C=O) groups is 5. The lowest BCUT2D eigenvalue weighted by Gasteiger charge is -2.29. The van der Waals surface area contributed by atoms with Crippen LogP contribution >= 0.6 is 0 Å². The lowest BCUT2D eigenvalue weighted by Crippen LogP contribution is -2.58. The Morgan fingerprint density at radius 2 is 1.87 bits per heavy atom. The molecular weight excluding hydrogens is 719 g/mol. The number of benzene rings is 2. The van der Waals surface area contributed by atoms with Gasteiger partial charge in [-0.15, -0.1) is 6.58 Å². The van der Waals surface area contributed by atoms with E-state index in [1.807, 2.05) is 30.3 Å². The van der Waals surface area contributed by atoms with Crippen LogP contribution < -0.4 is 24.8 Å². The lowest BCUT2D eigenvalue weighted by atomic mass is 10.1.